The number of likely N-dealkylation sites (tertiary alicyclic amines) is 1. The summed E-state index contributed by atoms with van der Waals surface area (Å²) in [4.78, 5) is 23.2. The van der Waals surface area contributed by atoms with Crippen LogP contribution in [0.1, 0.15) is 17.5 Å². The first-order valence-electron chi connectivity index (χ1n) is 11.5. The zero-order chi connectivity index (χ0) is 24.0. The van der Waals surface area contributed by atoms with Crippen LogP contribution >= 0.6 is 11.6 Å². The third-order valence-electron chi connectivity index (χ3n) is 7.02. The molecule has 2 fully saturated rings. The topological polar surface area (TPSA) is 67.3 Å². The Morgan fingerprint density at radius 2 is 2.00 bits per heavy atom. The van der Waals surface area contributed by atoms with Crippen LogP contribution in [0, 0.1) is 11.7 Å². The van der Waals surface area contributed by atoms with Crippen LogP contribution in [0.25, 0.3) is 10.9 Å². The monoisotopic (exact) mass is 488 g/mol. The molecule has 8 heteroatoms. The molecule has 2 aliphatic rings. The number of fused-ring (bicyclic) bond motifs is 2. The van der Waals surface area contributed by atoms with E-state index in [1.165, 1.54) is 12.4 Å². The molecule has 1 aliphatic carbocycles. The summed E-state index contributed by atoms with van der Waals surface area (Å²) in [7, 11) is 0. The van der Waals surface area contributed by atoms with Gasteiger partial charge in [-0.05, 0) is 47.7 Å². The van der Waals surface area contributed by atoms with Gasteiger partial charge in [-0.15, -0.1) is 0 Å². The van der Waals surface area contributed by atoms with Crippen LogP contribution in [0.5, 0.6) is 0 Å². The number of piperidine rings is 1. The molecular weight excluding hydrogens is 467 g/mol. The number of nitrogens with zero attached hydrogens (tertiary/aromatic N) is 3. The molecule has 176 valence electrons. The molecule has 1 aromatic heterocycles. The molecule has 4 aromatic rings. The smallest absolute Gasteiger partial charge is 0.410 e. The maximum atomic E-state index is 14.5. The van der Waals surface area contributed by atoms with Crippen molar-refractivity contribution in [2.45, 2.75) is 18.4 Å². The van der Waals surface area contributed by atoms with E-state index in [-0.39, 0.29) is 28.8 Å². The van der Waals surface area contributed by atoms with Gasteiger partial charge >= 0.3 is 6.09 Å². The molecule has 35 heavy (non-hydrogen) atoms. The van der Waals surface area contributed by atoms with E-state index in [1.54, 1.807) is 17.0 Å². The van der Waals surface area contributed by atoms with Crippen molar-refractivity contribution < 1.29 is 13.9 Å². The summed E-state index contributed by atoms with van der Waals surface area (Å²) in [5.41, 5.74) is 2.98. The Kier molecular flexibility index (Phi) is 5.29. The van der Waals surface area contributed by atoms with E-state index in [4.69, 9.17) is 16.3 Å². The number of hydrogen-bond donors (Lipinski definition) is 1. The standard InChI is InChI=1S/C27H22ClFN4O2/c28-21-7-4-8-23(24(21)29)32-25-20-11-18(9-10-22(20)30-16-31-25)27-12-19(27)13-33(15-27)26(34)35-14-17-5-2-1-3-6-17/h1-11,16,19H,12-15H2,(H,30,31,32)/t19-,27+/m1/s1. The summed E-state index contributed by atoms with van der Waals surface area (Å²) >= 11 is 5.94. The number of nitrogens with one attached hydrogen (secondary N) is 1. The van der Waals surface area contributed by atoms with Crippen LogP contribution in [-0.2, 0) is 16.8 Å². The lowest BCUT2D eigenvalue weighted by Gasteiger charge is -2.21. The van der Waals surface area contributed by atoms with Crippen LogP contribution in [0.4, 0.5) is 20.7 Å². The molecule has 3 aromatic carbocycles. The zero-order valence-corrected chi connectivity index (χ0v) is 19.5. The molecule has 1 saturated carbocycles. The van der Waals surface area contributed by atoms with Gasteiger partial charge in [0, 0.05) is 23.9 Å². The summed E-state index contributed by atoms with van der Waals surface area (Å²) in [5.74, 6) is 0.359. The fourth-order valence-corrected chi connectivity index (χ4v) is 5.25. The Balaban J connectivity index is 1.23. The number of benzene rings is 3. The first-order valence-corrected chi connectivity index (χ1v) is 11.8. The van der Waals surface area contributed by atoms with Gasteiger partial charge < -0.3 is 15.0 Å². The lowest BCUT2D eigenvalue weighted by atomic mass is 9.93. The number of carbonyl (C=O) groups is 1. The lowest BCUT2D eigenvalue weighted by Crippen LogP contribution is -2.33. The highest BCUT2D eigenvalue weighted by Crippen LogP contribution is 2.59. The molecule has 6 nitrogen and oxygen atoms in total. The van der Waals surface area contributed by atoms with Crippen LogP contribution in [0.3, 0.4) is 0 Å². The second-order valence-electron chi connectivity index (χ2n) is 9.16. The van der Waals surface area contributed by atoms with Gasteiger partial charge in [-0.2, -0.15) is 0 Å². The largest absolute Gasteiger partial charge is 0.445 e. The Morgan fingerprint density at radius 3 is 2.86 bits per heavy atom. The normalized spacial score (nSPS) is 20.5. The fourth-order valence-electron chi connectivity index (χ4n) is 5.07. The maximum absolute atomic E-state index is 14.5. The lowest BCUT2D eigenvalue weighted by molar-refractivity contribution is 0.0997. The predicted molar refractivity (Wildman–Crippen MR) is 132 cm³/mol. The molecule has 2 atom stereocenters. The van der Waals surface area contributed by atoms with Gasteiger partial charge in [0.2, 0.25) is 0 Å². The molecule has 1 saturated heterocycles. The van der Waals surface area contributed by atoms with Crippen molar-refractivity contribution >= 4 is 40.1 Å². The number of carbonyl (C=O) groups excluding carboxylic acids is 1. The van der Waals surface area contributed by atoms with E-state index >= 15 is 0 Å². The molecule has 0 unspecified atom stereocenters. The van der Waals surface area contributed by atoms with Gasteiger partial charge in [-0.25, -0.2) is 19.2 Å². The summed E-state index contributed by atoms with van der Waals surface area (Å²) in [6.07, 6.45) is 2.18. The van der Waals surface area contributed by atoms with Crippen molar-refractivity contribution in [2.75, 3.05) is 18.4 Å². The number of halogens is 2. The van der Waals surface area contributed by atoms with Crippen molar-refractivity contribution in [1.29, 1.82) is 0 Å². The van der Waals surface area contributed by atoms with E-state index in [9.17, 15) is 9.18 Å². The van der Waals surface area contributed by atoms with Gasteiger partial charge in [0.25, 0.3) is 0 Å². The van der Waals surface area contributed by atoms with E-state index in [1.807, 2.05) is 36.4 Å². The van der Waals surface area contributed by atoms with Gasteiger partial charge in [0.15, 0.2) is 5.82 Å². The van der Waals surface area contributed by atoms with Crippen molar-refractivity contribution in [3.63, 3.8) is 0 Å². The highest BCUT2D eigenvalue weighted by Gasteiger charge is 2.62. The average molecular weight is 489 g/mol. The highest BCUT2D eigenvalue weighted by atomic mass is 35.5. The Labute approximate surface area is 206 Å². The van der Waals surface area contributed by atoms with Crippen molar-refractivity contribution in [2.24, 2.45) is 5.92 Å². The van der Waals surface area contributed by atoms with E-state index < -0.39 is 5.82 Å². The van der Waals surface area contributed by atoms with Crippen LogP contribution in [0.15, 0.2) is 73.1 Å². The molecule has 1 amide bonds. The number of rotatable bonds is 5. The highest BCUT2D eigenvalue weighted by molar-refractivity contribution is 6.31. The van der Waals surface area contributed by atoms with Crippen LogP contribution in [0.2, 0.25) is 5.02 Å². The summed E-state index contributed by atoms with van der Waals surface area (Å²) in [5, 5.41) is 3.89. The second kappa shape index (κ2) is 8.50. The van der Waals surface area contributed by atoms with Gasteiger partial charge in [0.05, 0.1) is 16.2 Å². The molecule has 1 aliphatic heterocycles. The number of anilines is 2. The molecule has 0 radical (unpaired) electrons. The van der Waals surface area contributed by atoms with Gasteiger partial charge in [-0.1, -0.05) is 54.1 Å². The Hall–Kier alpha value is -3.71. The third-order valence-corrected chi connectivity index (χ3v) is 7.32. The summed E-state index contributed by atoms with van der Waals surface area (Å²) < 4.78 is 20.0. The SMILES string of the molecule is O=C(OCc1ccccc1)N1C[C@H]2C[C@@]2(c2ccc3ncnc(Nc4cccc(Cl)c4F)c3c2)C1. The molecule has 2 heterocycles. The quantitative estimate of drug-likeness (QED) is 0.369. The third kappa shape index (κ3) is 3.96. The molecule has 6 rings (SSSR count). The minimum atomic E-state index is -0.529. The average Bonchev–Trinajstić information content (AvgIpc) is 3.46. The maximum Gasteiger partial charge on any atom is 0.410 e. The molecule has 0 bridgehead atoms. The number of ether oxygens (including phenoxy) is 1. The van der Waals surface area contributed by atoms with Crippen molar-refractivity contribution in [3.05, 3.63) is 95.0 Å². The Morgan fingerprint density at radius 1 is 1.14 bits per heavy atom. The van der Waals surface area contributed by atoms with Crippen LogP contribution in [-0.4, -0.2) is 34.1 Å². The number of aromatic nitrogens is 2. The van der Waals surface area contributed by atoms with Crippen LogP contribution < -0.4 is 5.32 Å². The first kappa shape index (κ1) is 21.8. The second-order valence-corrected chi connectivity index (χ2v) is 9.57. The first-order chi connectivity index (χ1) is 17.0. The van der Waals surface area contributed by atoms with E-state index in [0.29, 0.717) is 24.8 Å². The predicted octanol–water partition coefficient (Wildman–Crippen LogP) is 6.08. The number of amides is 1. The summed E-state index contributed by atoms with van der Waals surface area (Å²) in [6, 6.07) is 20.5. The van der Waals surface area contributed by atoms with Crippen molar-refractivity contribution in [3.8, 4) is 0 Å². The Bertz CT molecular complexity index is 1430. The number of hydrogen-bond acceptors (Lipinski definition) is 5. The van der Waals surface area contributed by atoms with E-state index in [2.05, 4.69) is 27.4 Å². The van der Waals surface area contributed by atoms with Crippen molar-refractivity contribution in [1.82, 2.24) is 14.9 Å². The van der Waals surface area contributed by atoms with Gasteiger partial charge in [0.1, 0.15) is 18.8 Å². The van der Waals surface area contributed by atoms with E-state index in [0.717, 1.165) is 28.5 Å². The molecular formula is C27H22ClFN4O2. The molecule has 1 N–H and O–H groups in total. The fraction of sp³-hybridized carbons (Fsp3) is 0.222. The summed E-state index contributed by atoms with van der Waals surface area (Å²) in [6.45, 7) is 1.54. The minimum Gasteiger partial charge on any atom is -0.445 e. The van der Waals surface area contributed by atoms with Gasteiger partial charge in [-0.3, -0.25) is 0 Å². The zero-order valence-electron chi connectivity index (χ0n) is 18.7. The molecule has 0 spiro atoms. The minimum absolute atomic E-state index is 0.0407.